The Morgan fingerprint density at radius 2 is 1.84 bits per heavy atom. The van der Waals surface area contributed by atoms with Crippen molar-refractivity contribution in [3.8, 4) is 5.75 Å². The van der Waals surface area contributed by atoms with E-state index in [4.69, 9.17) is 4.74 Å². The highest BCUT2D eigenvalue weighted by Gasteiger charge is 2.30. The summed E-state index contributed by atoms with van der Waals surface area (Å²) in [5.74, 6) is 0.622. The molecule has 0 saturated heterocycles. The van der Waals surface area contributed by atoms with E-state index in [0.29, 0.717) is 12.4 Å². The van der Waals surface area contributed by atoms with Crippen molar-refractivity contribution < 1.29 is 18.3 Å². The third-order valence-corrected chi connectivity index (χ3v) is 4.57. The molecule has 0 bridgehead atoms. The molecule has 19 heavy (non-hydrogen) atoms. The lowest BCUT2D eigenvalue weighted by molar-refractivity contribution is 0.111. The van der Waals surface area contributed by atoms with Gasteiger partial charge in [-0.05, 0) is 52.0 Å². The van der Waals surface area contributed by atoms with Crippen molar-refractivity contribution in [2.75, 3.05) is 6.61 Å². The van der Waals surface area contributed by atoms with Gasteiger partial charge in [0, 0.05) is 0 Å². The van der Waals surface area contributed by atoms with Gasteiger partial charge in [-0.2, -0.15) is 0 Å². The van der Waals surface area contributed by atoms with Crippen LogP contribution in [0.4, 0.5) is 0 Å². The lowest BCUT2D eigenvalue weighted by Crippen LogP contribution is -2.50. The summed E-state index contributed by atoms with van der Waals surface area (Å²) < 4.78 is 32.1. The molecular weight excluding hydrogens is 266 g/mol. The Morgan fingerprint density at radius 3 is 2.26 bits per heavy atom. The summed E-state index contributed by atoms with van der Waals surface area (Å²) in [6.07, 6.45) is -0.801. The molecule has 1 aromatic rings. The van der Waals surface area contributed by atoms with Crippen molar-refractivity contribution in [1.82, 2.24) is 4.72 Å². The number of aliphatic hydroxyl groups excluding tert-OH is 1. The molecule has 0 aromatic heterocycles. The van der Waals surface area contributed by atoms with Crippen molar-refractivity contribution in [2.45, 2.75) is 44.2 Å². The van der Waals surface area contributed by atoms with Crippen LogP contribution in [-0.4, -0.2) is 31.8 Å². The second-order valence-electron chi connectivity index (χ2n) is 4.91. The zero-order valence-corrected chi connectivity index (χ0v) is 12.5. The van der Waals surface area contributed by atoms with Gasteiger partial charge in [0.1, 0.15) is 5.75 Å². The molecule has 0 spiro atoms. The van der Waals surface area contributed by atoms with Gasteiger partial charge in [-0.3, -0.25) is 0 Å². The Bertz CT molecular complexity index is 506. The number of sulfonamides is 1. The van der Waals surface area contributed by atoms with E-state index in [9.17, 15) is 13.5 Å². The lowest BCUT2D eigenvalue weighted by Gasteiger charge is -2.28. The summed E-state index contributed by atoms with van der Waals surface area (Å²) in [5.41, 5.74) is -0.933. The molecule has 0 fully saturated rings. The molecule has 0 heterocycles. The number of ether oxygens (including phenoxy) is 1. The Hall–Kier alpha value is -1.11. The van der Waals surface area contributed by atoms with Crippen LogP contribution < -0.4 is 9.46 Å². The van der Waals surface area contributed by atoms with Crippen LogP contribution in [0.1, 0.15) is 27.7 Å². The molecule has 0 aliphatic rings. The Labute approximate surface area is 114 Å². The van der Waals surface area contributed by atoms with Crippen molar-refractivity contribution in [2.24, 2.45) is 0 Å². The van der Waals surface area contributed by atoms with E-state index in [1.807, 2.05) is 6.92 Å². The molecule has 0 amide bonds. The Morgan fingerprint density at radius 1 is 1.32 bits per heavy atom. The maximum atomic E-state index is 12.2. The first-order valence-electron chi connectivity index (χ1n) is 6.14. The zero-order chi connectivity index (χ0) is 14.7. The van der Waals surface area contributed by atoms with Crippen LogP contribution >= 0.6 is 0 Å². The summed E-state index contributed by atoms with van der Waals surface area (Å²) in [7, 11) is -3.66. The standard InChI is InChI=1S/C13H21NO4S/c1-5-18-11-6-8-12(9-7-11)19(16,17)14-13(3,4)10(2)15/h6-10,14-15H,5H2,1-4H3. The maximum absolute atomic E-state index is 12.2. The SMILES string of the molecule is CCOc1ccc(S(=O)(=O)NC(C)(C)C(C)O)cc1. The van der Waals surface area contributed by atoms with Crippen molar-refractivity contribution in [3.05, 3.63) is 24.3 Å². The molecule has 1 aromatic carbocycles. The number of benzene rings is 1. The van der Waals surface area contributed by atoms with E-state index in [0.717, 1.165) is 0 Å². The van der Waals surface area contributed by atoms with E-state index in [2.05, 4.69) is 4.72 Å². The van der Waals surface area contributed by atoms with Crippen molar-refractivity contribution in [3.63, 3.8) is 0 Å². The number of nitrogens with one attached hydrogen (secondary N) is 1. The fraction of sp³-hybridized carbons (Fsp3) is 0.538. The van der Waals surface area contributed by atoms with Crippen LogP contribution in [0.3, 0.4) is 0 Å². The van der Waals surface area contributed by atoms with E-state index in [1.54, 1.807) is 32.9 Å². The van der Waals surface area contributed by atoms with Crippen LogP contribution in [0, 0.1) is 0 Å². The highest BCUT2D eigenvalue weighted by Crippen LogP contribution is 2.19. The molecule has 1 rings (SSSR count). The van der Waals surface area contributed by atoms with Gasteiger partial charge in [0.25, 0.3) is 0 Å². The molecule has 1 unspecified atom stereocenters. The van der Waals surface area contributed by atoms with Gasteiger partial charge >= 0.3 is 0 Å². The Kier molecular flexibility index (Phi) is 4.95. The zero-order valence-electron chi connectivity index (χ0n) is 11.7. The van der Waals surface area contributed by atoms with Crippen LogP contribution in [-0.2, 0) is 10.0 Å². The van der Waals surface area contributed by atoms with Gasteiger partial charge in [0.15, 0.2) is 0 Å². The average molecular weight is 287 g/mol. The van der Waals surface area contributed by atoms with Crippen LogP contribution in [0.5, 0.6) is 5.75 Å². The first-order valence-corrected chi connectivity index (χ1v) is 7.62. The molecule has 0 aliphatic heterocycles. The van der Waals surface area contributed by atoms with Crippen LogP contribution in [0.15, 0.2) is 29.2 Å². The van der Waals surface area contributed by atoms with E-state index >= 15 is 0 Å². The third-order valence-electron chi connectivity index (χ3n) is 2.89. The van der Waals surface area contributed by atoms with Gasteiger partial charge in [-0.15, -0.1) is 0 Å². The minimum atomic E-state index is -3.66. The maximum Gasteiger partial charge on any atom is 0.241 e. The van der Waals surface area contributed by atoms with E-state index in [-0.39, 0.29) is 4.90 Å². The van der Waals surface area contributed by atoms with Crippen molar-refractivity contribution >= 4 is 10.0 Å². The first kappa shape index (κ1) is 15.9. The van der Waals surface area contributed by atoms with Crippen LogP contribution in [0.25, 0.3) is 0 Å². The van der Waals surface area contributed by atoms with Gasteiger partial charge in [0.05, 0.1) is 23.1 Å². The molecule has 5 nitrogen and oxygen atoms in total. The first-order chi connectivity index (χ1) is 8.69. The number of rotatable bonds is 6. The van der Waals surface area contributed by atoms with Gasteiger partial charge in [0.2, 0.25) is 10.0 Å². The highest BCUT2D eigenvalue weighted by atomic mass is 32.2. The second kappa shape index (κ2) is 5.90. The molecule has 1 atom stereocenters. The fourth-order valence-corrected chi connectivity index (χ4v) is 2.85. The Balaban J connectivity index is 2.95. The number of aliphatic hydroxyl groups is 1. The minimum absolute atomic E-state index is 0.143. The predicted molar refractivity (Wildman–Crippen MR) is 73.7 cm³/mol. The quantitative estimate of drug-likeness (QED) is 0.832. The monoisotopic (exact) mass is 287 g/mol. The largest absolute Gasteiger partial charge is 0.494 e. The average Bonchev–Trinajstić information content (AvgIpc) is 2.28. The van der Waals surface area contributed by atoms with E-state index in [1.165, 1.54) is 12.1 Å². The van der Waals surface area contributed by atoms with E-state index < -0.39 is 21.7 Å². The second-order valence-corrected chi connectivity index (χ2v) is 6.59. The molecule has 2 N–H and O–H groups in total. The number of hydrogen-bond donors (Lipinski definition) is 2. The van der Waals surface area contributed by atoms with Crippen molar-refractivity contribution in [1.29, 1.82) is 0 Å². The lowest BCUT2D eigenvalue weighted by atomic mass is 10.0. The van der Waals surface area contributed by atoms with Gasteiger partial charge in [-0.25, -0.2) is 13.1 Å². The highest BCUT2D eigenvalue weighted by molar-refractivity contribution is 7.89. The van der Waals surface area contributed by atoms with Crippen LogP contribution in [0.2, 0.25) is 0 Å². The number of hydrogen-bond acceptors (Lipinski definition) is 4. The molecule has 0 radical (unpaired) electrons. The molecular formula is C13H21NO4S. The summed E-state index contributed by atoms with van der Waals surface area (Å²) in [5, 5.41) is 9.56. The third kappa shape index (κ3) is 4.19. The summed E-state index contributed by atoms with van der Waals surface area (Å²) in [6, 6.07) is 6.16. The summed E-state index contributed by atoms with van der Waals surface area (Å²) in [4.78, 5) is 0.143. The molecule has 6 heteroatoms. The van der Waals surface area contributed by atoms with Gasteiger partial charge in [-0.1, -0.05) is 0 Å². The smallest absolute Gasteiger partial charge is 0.241 e. The normalized spacial score (nSPS) is 14.2. The molecule has 0 saturated carbocycles. The molecule has 108 valence electrons. The summed E-state index contributed by atoms with van der Waals surface area (Å²) >= 11 is 0. The fourth-order valence-electron chi connectivity index (χ4n) is 1.37. The summed E-state index contributed by atoms with van der Waals surface area (Å²) in [6.45, 7) is 7.19. The topological polar surface area (TPSA) is 75.6 Å². The predicted octanol–water partition coefficient (Wildman–Crippen LogP) is 1.52. The minimum Gasteiger partial charge on any atom is -0.494 e. The molecule has 0 aliphatic carbocycles. The van der Waals surface area contributed by atoms with Gasteiger partial charge < -0.3 is 9.84 Å².